The fraction of sp³-hybridized carbons (Fsp3) is 0.552. The molecule has 1 aromatic carbocycles. The number of aryl methyl sites for hydroxylation is 2. The molecule has 1 amide bonds. The summed E-state index contributed by atoms with van der Waals surface area (Å²) in [6.07, 6.45) is 5.81. The van der Waals surface area contributed by atoms with Crippen LogP contribution < -0.4 is 15.5 Å². The molecule has 2 aromatic rings. The van der Waals surface area contributed by atoms with Gasteiger partial charge in [-0.15, -0.1) is 0 Å². The first-order chi connectivity index (χ1) is 18.5. The van der Waals surface area contributed by atoms with Gasteiger partial charge in [-0.2, -0.15) is 0 Å². The van der Waals surface area contributed by atoms with Crippen LogP contribution in [0, 0.1) is 5.92 Å². The molecule has 2 fully saturated rings. The number of aromatic nitrogens is 1. The van der Waals surface area contributed by atoms with E-state index >= 15 is 0 Å². The van der Waals surface area contributed by atoms with Gasteiger partial charge in [0.25, 0.3) is 5.91 Å². The molecule has 9 nitrogen and oxygen atoms in total. The van der Waals surface area contributed by atoms with Crippen molar-refractivity contribution in [3.05, 3.63) is 53.2 Å². The normalized spacial score (nSPS) is 20.4. The van der Waals surface area contributed by atoms with E-state index in [0.717, 1.165) is 75.6 Å². The molecule has 4 heterocycles. The van der Waals surface area contributed by atoms with Gasteiger partial charge in [-0.25, -0.2) is 9.78 Å². The van der Waals surface area contributed by atoms with E-state index in [1.54, 1.807) is 6.07 Å². The fourth-order valence-corrected chi connectivity index (χ4v) is 5.69. The van der Waals surface area contributed by atoms with Gasteiger partial charge in [0.15, 0.2) is 0 Å². The number of ether oxygens (including phenoxy) is 1. The molecule has 1 aromatic heterocycles. The second-order valence-electron chi connectivity index (χ2n) is 10.6. The minimum atomic E-state index is -0.995. The van der Waals surface area contributed by atoms with Crippen molar-refractivity contribution in [1.29, 1.82) is 0 Å². The molecular weight excluding hydrogens is 482 g/mol. The number of carbonyl (C=O) groups is 2. The molecule has 0 aliphatic carbocycles. The predicted octanol–water partition coefficient (Wildman–Crippen LogP) is 2.80. The first kappa shape index (κ1) is 26.4. The van der Waals surface area contributed by atoms with Gasteiger partial charge >= 0.3 is 5.97 Å². The summed E-state index contributed by atoms with van der Waals surface area (Å²) < 4.78 is 5.41. The molecule has 204 valence electrons. The lowest BCUT2D eigenvalue weighted by atomic mass is 10.00. The van der Waals surface area contributed by atoms with Gasteiger partial charge in [0, 0.05) is 49.7 Å². The number of carbonyl (C=O) groups excluding carboxylic acids is 1. The van der Waals surface area contributed by atoms with Crippen molar-refractivity contribution in [2.75, 3.05) is 62.7 Å². The van der Waals surface area contributed by atoms with E-state index in [4.69, 9.17) is 9.72 Å². The average molecular weight is 522 g/mol. The lowest BCUT2D eigenvalue weighted by molar-refractivity contribution is -0.139. The standard InChI is InChI=1S/C29H39N5O4/c35-28(23-3-1-5-25(19-23)34-15-17-38-18-16-34)32-26(29(36)37)11-14-33-13-10-21(20-33)6-8-24-9-7-22-4-2-12-30-27(22)31-24/h1,3,5,7,9,19,21,26H,2,4,6,8,10-18,20H2,(H,30,31)(H,32,35)(H,36,37)/t21-,26+/m1/s1. The number of benzene rings is 1. The van der Waals surface area contributed by atoms with Gasteiger partial charge < -0.3 is 30.3 Å². The Bertz CT molecular complexity index is 1120. The summed E-state index contributed by atoms with van der Waals surface area (Å²) in [6.45, 7) is 6.47. The molecule has 9 heteroatoms. The lowest BCUT2D eigenvalue weighted by Crippen LogP contribution is -2.43. The molecule has 3 aliphatic rings. The number of amides is 1. The number of carboxylic acid groups (broad SMARTS) is 1. The topological polar surface area (TPSA) is 107 Å². The molecule has 0 bridgehead atoms. The first-order valence-electron chi connectivity index (χ1n) is 14.0. The Morgan fingerprint density at radius 2 is 2.05 bits per heavy atom. The van der Waals surface area contributed by atoms with E-state index in [1.165, 1.54) is 12.0 Å². The van der Waals surface area contributed by atoms with Gasteiger partial charge in [0.05, 0.1) is 13.2 Å². The van der Waals surface area contributed by atoms with Crippen LogP contribution in [0.1, 0.15) is 47.3 Å². The summed E-state index contributed by atoms with van der Waals surface area (Å²) in [6, 6.07) is 10.8. The summed E-state index contributed by atoms with van der Waals surface area (Å²) in [5.74, 6) is 0.294. The van der Waals surface area contributed by atoms with Crippen LogP contribution >= 0.6 is 0 Å². The fourth-order valence-electron chi connectivity index (χ4n) is 5.69. The Balaban J connectivity index is 1.08. The number of likely N-dealkylation sites (tertiary alicyclic amines) is 1. The van der Waals surface area contributed by atoms with Gasteiger partial charge in [0.2, 0.25) is 0 Å². The molecule has 38 heavy (non-hydrogen) atoms. The number of anilines is 2. The summed E-state index contributed by atoms with van der Waals surface area (Å²) in [7, 11) is 0. The SMILES string of the molecule is O=C(N[C@@H](CCN1CC[C@@H](CCc2ccc3c(n2)NCCC3)C1)C(=O)O)c1cccc(N2CCOCC2)c1. The van der Waals surface area contributed by atoms with Crippen LogP contribution in [0.4, 0.5) is 11.5 Å². The molecule has 2 saturated heterocycles. The average Bonchev–Trinajstić information content (AvgIpc) is 3.42. The molecule has 5 rings (SSSR count). The largest absolute Gasteiger partial charge is 0.480 e. The predicted molar refractivity (Wildman–Crippen MR) is 147 cm³/mol. The maximum Gasteiger partial charge on any atom is 0.326 e. The third kappa shape index (κ3) is 6.82. The van der Waals surface area contributed by atoms with E-state index in [9.17, 15) is 14.7 Å². The minimum Gasteiger partial charge on any atom is -0.480 e. The van der Waals surface area contributed by atoms with Crippen molar-refractivity contribution in [2.45, 2.75) is 44.6 Å². The van der Waals surface area contributed by atoms with Crippen molar-refractivity contribution in [3.8, 4) is 0 Å². The van der Waals surface area contributed by atoms with Crippen molar-refractivity contribution in [2.24, 2.45) is 5.92 Å². The molecule has 3 N–H and O–H groups in total. The second kappa shape index (κ2) is 12.6. The lowest BCUT2D eigenvalue weighted by Gasteiger charge is -2.29. The van der Waals surface area contributed by atoms with E-state index in [2.05, 4.69) is 32.6 Å². The number of nitrogens with zero attached hydrogens (tertiary/aromatic N) is 3. The third-order valence-corrected chi connectivity index (χ3v) is 7.95. The zero-order valence-electron chi connectivity index (χ0n) is 22.0. The van der Waals surface area contributed by atoms with Gasteiger partial charge in [-0.1, -0.05) is 12.1 Å². The van der Waals surface area contributed by atoms with Crippen molar-refractivity contribution >= 4 is 23.4 Å². The number of nitrogens with one attached hydrogen (secondary N) is 2. The highest BCUT2D eigenvalue weighted by Gasteiger charge is 2.26. The number of carboxylic acids is 1. The van der Waals surface area contributed by atoms with E-state index in [-0.39, 0.29) is 5.91 Å². The Morgan fingerprint density at radius 1 is 1.18 bits per heavy atom. The Morgan fingerprint density at radius 3 is 2.89 bits per heavy atom. The van der Waals surface area contributed by atoms with Crippen LogP contribution in [0.2, 0.25) is 0 Å². The van der Waals surface area contributed by atoms with Crippen LogP contribution in [-0.4, -0.2) is 85.4 Å². The van der Waals surface area contributed by atoms with E-state index < -0.39 is 12.0 Å². The smallest absolute Gasteiger partial charge is 0.326 e. The van der Waals surface area contributed by atoms with Crippen molar-refractivity contribution < 1.29 is 19.4 Å². The maximum atomic E-state index is 12.9. The number of hydrogen-bond acceptors (Lipinski definition) is 7. The van der Waals surface area contributed by atoms with Gasteiger partial charge in [-0.05, 0) is 80.8 Å². The minimum absolute atomic E-state index is 0.348. The number of rotatable bonds is 10. The number of aliphatic carboxylic acids is 1. The third-order valence-electron chi connectivity index (χ3n) is 7.95. The van der Waals surface area contributed by atoms with Crippen LogP contribution in [-0.2, 0) is 22.4 Å². The zero-order valence-corrected chi connectivity index (χ0v) is 22.0. The highest BCUT2D eigenvalue weighted by Crippen LogP contribution is 2.24. The Labute approximate surface area is 224 Å². The van der Waals surface area contributed by atoms with Crippen LogP contribution in [0.15, 0.2) is 36.4 Å². The summed E-state index contributed by atoms with van der Waals surface area (Å²) >= 11 is 0. The molecule has 0 spiro atoms. The molecule has 0 unspecified atom stereocenters. The zero-order chi connectivity index (χ0) is 26.3. The van der Waals surface area contributed by atoms with Crippen molar-refractivity contribution in [1.82, 2.24) is 15.2 Å². The molecule has 0 radical (unpaired) electrons. The Hall–Kier alpha value is -3.17. The summed E-state index contributed by atoms with van der Waals surface area (Å²) in [5, 5.41) is 15.9. The van der Waals surface area contributed by atoms with Crippen LogP contribution in [0.3, 0.4) is 0 Å². The van der Waals surface area contributed by atoms with Crippen molar-refractivity contribution in [3.63, 3.8) is 0 Å². The van der Waals surface area contributed by atoms with Gasteiger partial charge in [0.1, 0.15) is 11.9 Å². The first-order valence-corrected chi connectivity index (χ1v) is 14.0. The molecular formula is C29H39N5O4. The van der Waals surface area contributed by atoms with Crippen LogP contribution in [0.25, 0.3) is 0 Å². The van der Waals surface area contributed by atoms with E-state index in [1.807, 2.05) is 18.2 Å². The second-order valence-corrected chi connectivity index (χ2v) is 10.6. The highest BCUT2D eigenvalue weighted by molar-refractivity contribution is 5.97. The number of pyridine rings is 1. The maximum absolute atomic E-state index is 12.9. The summed E-state index contributed by atoms with van der Waals surface area (Å²) in [5.41, 5.74) is 3.89. The number of fused-ring (bicyclic) bond motifs is 1. The Kier molecular flexibility index (Phi) is 8.75. The van der Waals surface area contributed by atoms with E-state index in [0.29, 0.717) is 37.7 Å². The highest BCUT2D eigenvalue weighted by atomic mass is 16.5. The molecule has 3 aliphatic heterocycles. The van der Waals surface area contributed by atoms with Gasteiger partial charge in [-0.3, -0.25) is 4.79 Å². The monoisotopic (exact) mass is 521 g/mol. The quantitative estimate of drug-likeness (QED) is 0.438. The molecule has 0 saturated carbocycles. The summed E-state index contributed by atoms with van der Waals surface area (Å²) in [4.78, 5) is 34.2. The van der Waals surface area contributed by atoms with Crippen LogP contribution in [0.5, 0.6) is 0 Å². The number of morpholine rings is 1. The number of hydrogen-bond donors (Lipinski definition) is 3. The molecule has 2 atom stereocenters.